The van der Waals surface area contributed by atoms with Gasteiger partial charge in [-0.3, -0.25) is 0 Å². The van der Waals surface area contributed by atoms with Crippen molar-refractivity contribution >= 4 is 23.1 Å². The van der Waals surface area contributed by atoms with Crippen LogP contribution in [-0.2, 0) is 0 Å². The molecule has 0 aromatic carbocycles. The molecular weight excluding hydrogens is 164 g/mol. The molecule has 0 unspecified atom stereocenters. The monoisotopic (exact) mass is 174 g/mol. The smallest absolute Gasteiger partial charge is 0.133 e. The lowest BCUT2D eigenvalue weighted by Crippen LogP contribution is -1.81. The highest BCUT2D eigenvalue weighted by molar-refractivity contribution is 8.00. The Bertz CT molecular complexity index is 196. The van der Waals surface area contributed by atoms with Gasteiger partial charge in [0, 0.05) is 10.9 Å². The van der Waals surface area contributed by atoms with Crippen LogP contribution < -0.4 is 4.74 Å². The van der Waals surface area contributed by atoms with Gasteiger partial charge in [-0.15, -0.1) is 23.1 Å². The number of ether oxygens (including phenoxy) is 1. The predicted octanol–water partition coefficient (Wildman–Crippen LogP) is 2.79. The highest BCUT2D eigenvalue weighted by Gasteiger charge is 2.04. The first-order valence-corrected chi connectivity index (χ1v) is 5.06. The van der Waals surface area contributed by atoms with Gasteiger partial charge in [0.05, 0.1) is 11.3 Å². The van der Waals surface area contributed by atoms with Gasteiger partial charge in [-0.2, -0.15) is 0 Å². The fourth-order valence-corrected chi connectivity index (χ4v) is 2.49. The summed E-state index contributed by atoms with van der Waals surface area (Å²) in [6.45, 7) is 2.08. The van der Waals surface area contributed by atoms with Crippen LogP contribution in [0.5, 0.6) is 5.75 Å². The summed E-state index contributed by atoms with van der Waals surface area (Å²) in [5, 5.41) is 2.04. The molecule has 56 valence electrons. The van der Waals surface area contributed by atoms with Crippen molar-refractivity contribution in [2.24, 2.45) is 0 Å². The molecule has 0 saturated carbocycles. The molecule has 0 aliphatic rings. The molecule has 0 radical (unpaired) electrons. The summed E-state index contributed by atoms with van der Waals surface area (Å²) in [6.07, 6.45) is 2.08. The van der Waals surface area contributed by atoms with Crippen LogP contribution in [0.2, 0.25) is 0 Å². The average Bonchev–Trinajstić information content (AvgIpc) is 2.30. The van der Waals surface area contributed by atoms with Crippen LogP contribution in [-0.4, -0.2) is 13.4 Å². The van der Waals surface area contributed by atoms with E-state index >= 15 is 0 Å². The number of thiophene rings is 1. The van der Waals surface area contributed by atoms with Gasteiger partial charge < -0.3 is 4.74 Å². The van der Waals surface area contributed by atoms with Crippen LogP contribution in [0.3, 0.4) is 0 Å². The maximum atomic E-state index is 5.12. The van der Waals surface area contributed by atoms with E-state index in [9.17, 15) is 0 Å². The van der Waals surface area contributed by atoms with Crippen molar-refractivity contribution in [3.63, 3.8) is 0 Å². The molecular formula is C7H10OS2. The second-order valence-electron chi connectivity index (χ2n) is 1.92. The summed E-state index contributed by atoms with van der Waals surface area (Å²) in [5.74, 6) is 1.01. The molecule has 0 amide bonds. The molecule has 0 bridgehead atoms. The van der Waals surface area contributed by atoms with Crippen LogP contribution in [0.1, 0.15) is 5.56 Å². The minimum atomic E-state index is 1.01. The maximum absolute atomic E-state index is 5.12. The summed E-state index contributed by atoms with van der Waals surface area (Å²) in [7, 11) is 1.71. The molecule has 0 aliphatic heterocycles. The molecule has 0 fully saturated rings. The van der Waals surface area contributed by atoms with E-state index in [1.807, 2.05) is 5.38 Å². The molecule has 0 spiro atoms. The van der Waals surface area contributed by atoms with Gasteiger partial charge in [-0.25, -0.2) is 0 Å². The van der Waals surface area contributed by atoms with Gasteiger partial charge in [0.1, 0.15) is 5.75 Å². The minimum Gasteiger partial charge on any atom is -0.496 e. The Hall–Kier alpha value is -0.150. The van der Waals surface area contributed by atoms with Crippen molar-refractivity contribution in [1.29, 1.82) is 0 Å². The molecule has 1 nitrogen and oxygen atoms in total. The van der Waals surface area contributed by atoms with Crippen molar-refractivity contribution < 1.29 is 4.74 Å². The Morgan fingerprint density at radius 2 is 2.30 bits per heavy atom. The number of hydrogen-bond donors (Lipinski definition) is 0. The number of hydrogen-bond acceptors (Lipinski definition) is 3. The van der Waals surface area contributed by atoms with E-state index in [1.165, 1.54) is 9.77 Å². The molecule has 0 aliphatic carbocycles. The van der Waals surface area contributed by atoms with Gasteiger partial charge in [0.25, 0.3) is 0 Å². The van der Waals surface area contributed by atoms with E-state index in [-0.39, 0.29) is 0 Å². The number of methoxy groups -OCH3 is 1. The average molecular weight is 174 g/mol. The van der Waals surface area contributed by atoms with E-state index in [1.54, 1.807) is 30.2 Å². The van der Waals surface area contributed by atoms with E-state index < -0.39 is 0 Å². The van der Waals surface area contributed by atoms with Gasteiger partial charge in [-0.05, 0) is 13.2 Å². The fraction of sp³-hybridized carbons (Fsp3) is 0.429. The van der Waals surface area contributed by atoms with Crippen LogP contribution in [0, 0.1) is 6.92 Å². The molecule has 10 heavy (non-hydrogen) atoms. The highest BCUT2D eigenvalue weighted by Crippen LogP contribution is 2.34. The molecule has 0 atom stereocenters. The maximum Gasteiger partial charge on any atom is 0.133 e. The molecule has 3 heteroatoms. The molecule has 1 aromatic heterocycles. The molecule has 0 N–H and O–H groups in total. The lowest BCUT2D eigenvalue weighted by atomic mass is 10.4. The van der Waals surface area contributed by atoms with Crippen molar-refractivity contribution in [3.05, 3.63) is 10.9 Å². The number of rotatable bonds is 2. The zero-order valence-corrected chi connectivity index (χ0v) is 7.94. The quantitative estimate of drug-likeness (QED) is 0.638. The second kappa shape index (κ2) is 3.30. The lowest BCUT2D eigenvalue weighted by Gasteiger charge is -1.96. The van der Waals surface area contributed by atoms with Crippen molar-refractivity contribution in [2.75, 3.05) is 13.4 Å². The van der Waals surface area contributed by atoms with Gasteiger partial charge in [-0.1, -0.05) is 0 Å². The first kappa shape index (κ1) is 7.95. The van der Waals surface area contributed by atoms with Crippen LogP contribution >= 0.6 is 23.1 Å². The summed E-state index contributed by atoms with van der Waals surface area (Å²) < 4.78 is 6.47. The molecule has 1 heterocycles. The Labute approximate surface area is 69.4 Å². The van der Waals surface area contributed by atoms with E-state index in [0.717, 1.165) is 5.75 Å². The number of thioether (sulfide) groups is 1. The minimum absolute atomic E-state index is 1.01. The van der Waals surface area contributed by atoms with Crippen molar-refractivity contribution in [1.82, 2.24) is 0 Å². The lowest BCUT2D eigenvalue weighted by molar-refractivity contribution is 0.413. The van der Waals surface area contributed by atoms with Gasteiger partial charge in [0.2, 0.25) is 0 Å². The summed E-state index contributed by atoms with van der Waals surface area (Å²) in [6, 6.07) is 0. The first-order valence-electron chi connectivity index (χ1n) is 2.95. The summed E-state index contributed by atoms with van der Waals surface area (Å²) in [4.78, 5) is 0. The zero-order valence-electron chi connectivity index (χ0n) is 6.30. The molecule has 0 saturated heterocycles. The fourth-order valence-electron chi connectivity index (χ4n) is 0.787. The van der Waals surface area contributed by atoms with Crippen molar-refractivity contribution in [3.8, 4) is 5.75 Å². The predicted molar refractivity (Wildman–Crippen MR) is 47.4 cm³/mol. The van der Waals surface area contributed by atoms with Crippen molar-refractivity contribution in [2.45, 2.75) is 11.1 Å². The van der Waals surface area contributed by atoms with E-state index in [4.69, 9.17) is 4.74 Å². The van der Waals surface area contributed by atoms with E-state index in [0.29, 0.717) is 0 Å². The zero-order chi connectivity index (χ0) is 7.56. The summed E-state index contributed by atoms with van der Waals surface area (Å²) in [5.41, 5.74) is 1.26. The van der Waals surface area contributed by atoms with E-state index in [2.05, 4.69) is 13.2 Å². The Kier molecular flexibility index (Phi) is 2.63. The summed E-state index contributed by atoms with van der Waals surface area (Å²) >= 11 is 3.51. The van der Waals surface area contributed by atoms with Crippen LogP contribution in [0.25, 0.3) is 0 Å². The second-order valence-corrected chi connectivity index (χ2v) is 3.88. The third-order valence-corrected chi connectivity index (χ3v) is 3.67. The Morgan fingerprint density at radius 3 is 2.60 bits per heavy atom. The SMILES string of the molecule is COc1csc(SC)c1C. The Morgan fingerprint density at radius 1 is 1.60 bits per heavy atom. The van der Waals surface area contributed by atoms with Gasteiger partial charge >= 0.3 is 0 Å². The highest BCUT2D eigenvalue weighted by atomic mass is 32.2. The van der Waals surface area contributed by atoms with Gasteiger partial charge in [0.15, 0.2) is 0 Å². The van der Waals surface area contributed by atoms with Crippen LogP contribution in [0.15, 0.2) is 9.59 Å². The normalized spacial score (nSPS) is 9.90. The third-order valence-electron chi connectivity index (χ3n) is 1.35. The topological polar surface area (TPSA) is 9.23 Å². The molecule has 1 rings (SSSR count). The Balaban J connectivity index is 2.97. The first-order chi connectivity index (χ1) is 4.79. The standard InChI is InChI=1S/C7H10OS2/c1-5-6(8-2)4-10-7(5)9-3/h4H,1-3H3. The van der Waals surface area contributed by atoms with Crippen LogP contribution in [0.4, 0.5) is 0 Å². The molecule has 1 aromatic rings. The third kappa shape index (κ3) is 1.30. The largest absolute Gasteiger partial charge is 0.496 e.